The molecule has 4 rings (SSSR count). The van der Waals surface area contributed by atoms with Gasteiger partial charge in [-0.2, -0.15) is 0 Å². The first-order valence-electron chi connectivity index (χ1n) is 9.64. The molecule has 1 saturated heterocycles. The number of carbonyl (C=O) groups excluding carboxylic acids is 2. The van der Waals surface area contributed by atoms with Gasteiger partial charge in [0.1, 0.15) is 12.2 Å². The minimum Gasteiger partial charge on any atom is -0.493 e. The Bertz CT molecular complexity index is 1190. The lowest BCUT2D eigenvalue weighted by molar-refractivity contribution is -0.117. The average molecular weight is 469 g/mol. The molecule has 1 aliphatic rings. The highest BCUT2D eigenvalue weighted by Gasteiger charge is 2.34. The molecule has 0 saturated carbocycles. The Morgan fingerprint density at radius 2 is 1.66 bits per heavy atom. The molecule has 8 heteroatoms. The maximum atomic E-state index is 12.8. The monoisotopic (exact) mass is 468 g/mol. The summed E-state index contributed by atoms with van der Waals surface area (Å²) in [5.41, 5.74) is 4.45. The Hall–Kier alpha value is -3.48. The SMILES string of the molecule is COc1cc(/C=C2\C(=O)NN(c3ccccc3)C2=O)ccc1OCc1c(Cl)cccc1Cl. The van der Waals surface area contributed by atoms with Gasteiger partial charge in [-0.05, 0) is 48.0 Å². The Kier molecular flexibility index (Phi) is 6.35. The van der Waals surface area contributed by atoms with Crippen LogP contribution in [-0.4, -0.2) is 18.9 Å². The molecule has 0 spiro atoms. The van der Waals surface area contributed by atoms with Crippen molar-refractivity contribution in [2.75, 3.05) is 12.1 Å². The fraction of sp³-hybridized carbons (Fsp3) is 0.0833. The van der Waals surface area contributed by atoms with Crippen molar-refractivity contribution in [1.29, 1.82) is 0 Å². The van der Waals surface area contributed by atoms with E-state index < -0.39 is 11.8 Å². The van der Waals surface area contributed by atoms with E-state index >= 15 is 0 Å². The van der Waals surface area contributed by atoms with Gasteiger partial charge in [0.25, 0.3) is 11.8 Å². The molecule has 32 heavy (non-hydrogen) atoms. The minimum atomic E-state index is -0.480. The number of hydrazine groups is 1. The van der Waals surface area contributed by atoms with Crippen LogP contribution in [0.4, 0.5) is 5.69 Å². The zero-order chi connectivity index (χ0) is 22.7. The molecule has 1 fully saturated rings. The highest BCUT2D eigenvalue weighted by molar-refractivity contribution is 6.36. The van der Waals surface area contributed by atoms with Gasteiger partial charge in [0.05, 0.1) is 12.8 Å². The van der Waals surface area contributed by atoms with Gasteiger partial charge in [-0.15, -0.1) is 0 Å². The topological polar surface area (TPSA) is 67.9 Å². The van der Waals surface area contributed by atoms with Crippen LogP contribution >= 0.6 is 23.2 Å². The quantitative estimate of drug-likeness (QED) is 0.406. The van der Waals surface area contributed by atoms with Crippen LogP contribution in [0.2, 0.25) is 10.0 Å². The average Bonchev–Trinajstić information content (AvgIpc) is 3.08. The van der Waals surface area contributed by atoms with Crippen LogP contribution in [0.5, 0.6) is 11.5 Å². The first-order chi connectivity index (χ1) is 15.5. The number of halogens is 2. The zero-order valence-electron chi connectivity index (χ0n) is 17.0. The van der Waals surface area contributed by atoms with Crippen molar-refractivity contribution >= 4 is 46.8 Å². The number of nitrogens with one attached hydrogen (secondary N) is 1. The number of hydrogen-bond donors (Lipinski definition) is 1. The van der Waals surface area contributed by atoms with Gasteiger partial charge in [0, 0.05) is 15.6 Å². The molecular weight excluding hydrogens is 451 g/mol. The fourth-order valence-electron chi connectivity index (χ4n) is 3.20. The smallest absolute Gasteiger partial charge is 0.282 e. The summed E-state index contributed by atoms with van der Waals surface area (Å²) >= 11 is 12.4. The zero-order valence-corrected chi connectivity index (χ0v) is 18.5. The Morgan fingerprint density at radius 3 is 2.34 bits per heavy atom. The molecule has 0 atom stereocenters. The van der Waals surface area contributed by atoms with E-state index in [9.17, 15) is 9.59 Å². The Morgan fingerprint density at radius 1 is 0.938 bits per heavy atom. The van der Waals surface area contributed by atoms with E-state index in [-0.39, 0.29) is 12.2 Å². The van der Waals surface area contributed by atoms with Crippen molar-refractivity contribution in [3.05, 3.63) is 93.5 Å². The molecule has 0 radical (unpaired) electrons. The van der Waals surface area contributed by atoms with Crippen molar-refractivity contribution in [2.24, 2.45) is 0 Å². The second-order valence-corrected chi connectivity index (χ2v) is 7.69. The number of benzene rings is 3. The number of anilines is 1. The highest BCUT2D eigenvalue weighted by atomic mass is 35.5. The van der Waals surface area contributed by atoms with Crippen LogP contribution in [0.3, 0.4) is 0 Å². The standard InChI is InChI=1S/C24H18Cl2N2O4/c1-31-22-13-15(10-11-21(22)32-14-18-19(25)8-5-9-20(18)26)12-17-23(29)27-28(24(17)30)16-6-3-2-4-7-16/h2-13H,14H2,1H3,(H,27,29)/b17-12+. The Balaban J connectivity index is 1.55. The number of hydrogen-bond acceptors (Lipinski definition) is 4. The van der Waals surface area contributed by atoms with Crippen molar-refractivity contribution in [2.45, 2.75) is 6.61 Å². The van der Waals surface area contributed by atoms with Crippen LogP contribution in [0.25, 0.3) is 6.08 Å². The molecule has 0 bridgehead atoms. The molecule has 162 valence electrons. The van der Waals surface area contributed by atoms with E-state index in [1.54, 1.807) is 60.7 Å². The van der Waals surface area contributed by atoms with Crippen molar-refractivity contribution in [3.63, 3.8) is 0 Å². The second-order valence-electron chi connectivity index (χ2n) is 6.87. The normalized spacial score (nSPS) is 14.6. The number of rotatable bonds is 6. The van der Waals surface area contributed by atoms with E-state index in [4.69, 9.17) is 32.7 Å². The van der Waals surface area contributed by atoms with E-state index in [0.717, 1.165) is 0 Å². The molecule has 0 unspecified atom stereocenters. The highest BCUT2D eigenvalue weighted by Crippen LogP contribution is 2.32. The van der Waals surface area contributed by atoms with Crippen LogP contribution in [-0.2, 0) is 16.2 Å². The van der Waals surface area contributed by atoms with Crippen molar-refractivity contribution < 1.29 is 19.1 Å². The summed E-state index contributed by atoms with van der Waals surface area (Å²) in [6.07, 6.45) is 1.51. The minimum absolute atomic E-state index is 0.0208. The molecule has 1 heterocycles. The Labute approximate surface area is 194 Å². The molecular formula is C24H18Cl2N2O4. The van der Waals surface area contributed by atoms with Crippen LogP contribution < -0.4 is 19.9 Å². The third kappa shape index (κ3) is 4.42. The molecule has 2 amide bonds. The molecule has 0 aromatic heterocycles. The third-order valence-corrected chi connectivity index (χ3v) is 5.55. The summed E-state index contributed by atoms with van der Waals surface area (Å²) in [4.78, 5) is 25.2. The first-order valence-corrected chi connectivity index (χ1v) is 10.4. The predicted octanol–water partition coefficient (Wildman–Crippen LogP) is 5.04. The van der Waals surface area contributed by atoms with Gasteiger partial charge in [-0.1, -0.05) is 53.5 Å². The van der Waals surface area contributed by atoms with Gasteiger partial charge >= 0.3 is 0 Å². The summed E-state index contributed by atoms with van der Waals surface area (Å²) in [6, 6.07) is 19.2. The van der Waals surface area contributed by atoms with Gasteiger partial charge in [0.2, 0.25) is 0 Å². The number of para-hydroxylation sites is 1. The second kappa shape index (κ2) is 9.34. The third-order valence-electron chi connectivity index (χ3n) is 4.84. The first kappa shape index (κ1) is 21.7. The predicted molar refractivity (Wildman–Crippen MR) is 124 cm³/mol. The van der Waals surface area contributed by atoms with Crippen molar-refractivity contribution in [1.82, 2.24) is 5.43 Å². The lowest BCUT2D eigenvalue weighted by Gasteiger charge is -2.14. The van der Waals surface area contributed by atoms with Crippen LogP contribution in [0.1, 0.15) is 11.1 Å². The maximum absolute atomic E-state index is 12.8. The van der Waals surface area contributed by atoms with Crippen LogP contribution in [0.15, 0.2) is 72.3 Å². The summed E-state index contributed by atoms with van der Waals surface area (Å²) in [7, 11) is 1.51. The number of methoxy groups -OCH3 is 1. The van der Waals surface area contributed by atoms with E-state index in [0.29, 0.717) is 38.4 Å². The van der Waals surface area contributed by atoms with Gasteiger partial charge in [0.15, 0.2) is 11.5 Å². The van der Waals surface area contributed by atoms with Crippen molar-refractivity contribution in [3.8, 4) is 11.5 Å². The molecule has 1 N–H and O–H groups in total. The summed E-state index contributed by atoms with van der Waals surface area (Å²) in [5.74, 6) is -0.00703. The number of ether oxygens (including phenoxy) is 2. The van der Waals surface area contributed by atoms with E-state index in [1.807, 2.05) is 6.07 Å². The molecule has 0 aliphatic carbocycles. The summed E-state index contributed by atoms with van der Waals surface area (Å²) in [6.45, 7) is 0.155. The molecule has 6 nitrogen and oxygen atoms in total. The van der Waals surface area contributed by atoms with Crippen LogP contribution in [0, 0.1) is 0 Å². The summed E-state index contributed by atoms with van der Waals surface area (Å²) in [5, 5.41) is 2.23. The lowest BCUT2D eigenvalue weighted by Crippen LogP contribution is -2.35. The maximum Gasteiger partial charge on any atom is 0.282 e. The largest absolute Gasteiger partial charge is 0.493 e. The van der Waals surface area contributed by atoms with E-state index in [2.05, 4.69) is 5.43 Å². The number of amides is 2. The van der Waals surface area contributed by atoms with Gasteiger partial charge in [-0.25, -0.2) is 5.01 Å². The van der Waals surface area contributed by atoms with E-state index in [1.165, 1.54) is 18.2 Å². The fourth-order valence-corrected chi connectivity index (χ4v) is 3.70. The molecule has 3 aromatic rings. The summed E-state index contributed by atoms with van der Waals surface area (Å²) < 4.78 is 11.3. The molecule has 1 aliphatic heterocycles. The number of carbonyl (C=O) groups is 2. The number of nitrogens with zero attached hydrogens (tertiary/aromatic N) is 1. The van der Waals surface area contributed by atoms with Gasteiger partial charge in [-0.3, -0.25) is 15.0 Å². The molecule has 3 aromatic carbocycles. The van der Waals surface area contributed by atoms with Gasteiger partial charge < -0.3 is 9.47 Å². The lowest BCUT2D eigenvalue weighted by atomic mass is 10.1.